The second-order valence-corrected chi connectivity index (χ2v) is 7.14. The van der Waals surface area contributed by atoms with Crippen LogP contribution in [0.3, 0.4) is 0 Å². The molecule has 0 aromatic heterocycles. The average molecular weight is 313 g/mol. The van der Waals surface area contributed by atoms with Crippen molar-refractivity contribution in [3.05, 3.63) is 0 Å². The number of rotatable bonds is 4. The van der Waals surface area contributed by atoms with Crippen molar-refractivity contribution in [2.45, 2.75) is 52.7 Å². The number of hydrogen-bond donors (Lipinski definition) is 1. The molecule has 1 aliphatic rings. The number of carbonyl (C=O) groups is 2. The second-order valence-electron chi connectivity index (χ2n) is 7.14. The van der Waals surface area contributed by atoms with Crippen LogP contribution in [0.1, 0.15) is 41.0 Å². The number of likely N-dealkylation sites (N-methyl/N-ethyl adjacent to an activating group) is 1. The van der Waals surface area contributed by atoms with Crippen molar-refractivity contribution in [3.8, 4) is 0 Å². The number of carbonyl (C=O) groups excluding carboxylic acids is 2. The molecule has 6 heteroatoms. The fourth-order valence-corrected chi connectivity index (χ4v) is 2.34. The number of piperazine rings is 1. The van der Waals surface area contributed by atoms with Crippen LogP contribution in [0.2, 0.25) is 0 Å². The zero-order chi connectivity index (χ0) is 16.9. The van der Waals surface area contributed by atoms with Crippen LogP contribution in [0.25, 0.3) is 0 Å². The Hall–Kier alpha value is -1.30. The Kier molecular flexibility index (Phi) is 6.66. The van der Waals surface area contributed by atoms with E-state index in [4.69, 9.17) is 4.74 Å². The van der Waals surface area contributed by atoms with Gasteiger partial charge in [-0.1, -0.05) is 20.3 Å². The molecule has 2 atom stereocenters. The molecular weight excluding hydrogens is 282 g/mol. The lowest BCUT2D eigenvalue weighted by atomic mass is 9.97. The fourth-order valence-electron chi connectivity index (χ4n) is 2.34. The summed E-state index contributed by atoms with van der Waals surface area (Å²) in [7, 11) is 2.05. The maximum atomic E-state index is 12.7. The number of hydrogen-bond acceptors (Lipinski definition) is 4. The lowest BCUT2D eigenvalue weighted by molar-refractivity contribution is -0.136. The molecule has 128 valence electrons. The first-order valence-corrected chi connectivity index (χ1v) is 8.11. The molecule has 0 saturated carbocycles. The molecule has 0 bridgehead atoms. The van der Waals surface area contributed by atoms with Gasteiger partial charge >= 0.3 is 6.09 Å². The van der Waals surface area contributed by atoms with E-state index < -0.39 is 17.7 Å². The Morgan fingerprint density at radius 2 is 1.73 bits per heavy atom. The molecule has 1 aliphatic heterocycles. The second kappa shape index (κ2) is 7.81. The van der Waals surface area contributed by atoms with Crippen LogP contribution in [0.5, 0.6) is 0 Å². The van der Waals surface area contributed by atoms with Gasteiger partial charge in [0.05, 0.1) is 0 Å². The van der Waals surface area contributed by atoms with Crippen molar-refractivity contribution < 1.29 is 14.3 Å². The predicted molar refractivity (Wildman–Crippen MR) is 86.7 cm³/mol. The summed E-state index contributed by atoms with van der Waals surface area (Å²) in [5.41, 5.74) is -0.568. The van der Waals surface area contributed by atoms with E-state index in [1.807, 2.05) is 46.6 Å². The highest BCUT2D eigenvalue weighted by atomic mass is 16.6. The highest BCUT2D eigenvalue weighted by Crippen LogP contribution is 2.14. The minimum Gasteiger partial charge on any atom is -0.444 e. The molecule has 1 saturated heterocycles. The van der Waals surface area contributed by atoms with Gasteiger partial charge in [-0.25, -0.2) is 4.79 Å². The first-order valence-electron chi connectivity index (χ1n) is 8.11. The zero-order valence-electron chi connectivity index (χ0n) is 14.8. The maximum Gasteiger partial charge on any atom is 0.408 e. The summed E-state index contributed by atoms with van der Waals surface area (Å²) < 4.78 is 5.29. The van der Waals surface area contributed by atoms with Gasteiger partial charge in [0.1, 0.15) is 11.6 Å². The van der Waals surface area contributed by atoms with Crippen LogP contribution >= 0.6 is 0 Å². The van der Waals surface area contributed by atoms with E-state index in [2.05, 4.69) is 10.2 Å². The van der Waals surface area contributed by atoms with Crippen LogP contribution in [-0.2, 0) is 9.53 Å². The molecule has 0 aromatic carbocycles. The van der Waals surface area contributed by atoms with Crippen LogP contribution < -0.4 is 5.32 Å². The van der Waals surface area contributed by atoms with Crippen LogP contribution in [0.4, 0.5) is 4.79 Å². The fraction of sp³-hybridized carbons (Fsp3) is 0.875. The standard InChI is InChI=1S/C16H31N3O3/c1-7-12(2)13(17-15(21)22-16(3,4)5)14(20)19-10-8-18(6)9-11-19/h12-13H,7-11H2,1-6H3,(H,17,21). The van der Waals surface area contributed by atoms with E-state index in [1.165, 1.54) is 0 Å². The summed E-state index contributed by atoms with van der Waals surface area (Å²) >= 11 is 0. The zero-order valence-corrected chi connectivity index (χ0v) is 14.8. The van der Waals surface area contributed by atoms with Crippen LogP contribution in [0.15, 0.2) is 0 Å². The lowest BCUT2D eigenvalue weighted by Gasteiger charge is -2.36. The third kappa shape index (κ3) is 5.83. The Balaban J connectivity index is 2.71. The molecule has 0 aromatic rings. The molecule has 0 spiro atoms. The van der Waals surface area contributed by atoms with E-state index >= 15 is 0 Å². The molecule has 22 heavy (non-hydrogen) atoms. The highest BCUT2D eigenvalue weighted by molar-refractivity contribution is 5.86. The van der Waals surface area contributed by atoms with E-state index in [-0.39, 0.29) is 11.8 Å². The van der Waals surface area contributed by atoms with Gasteiger partial charge in [0.25, 0.3) is 0 Å². The normalized spacial score (nSPS) is 19.5. The topological polar surface area (TPSA) is 61.9 Å². The summed E-state index contributed by atoms with van der Waals surface area (Å²) in [4.78, 5) is 28.8. The number of ether oxygens (including phenoxy) is 1. The summed E-state index contributed by atoms with van der Waals surface area (Å²) in [5.74, 6) is 0.0629. The monoisotopic (exact) mass is 313 g/mol. The highest BCUT2D eigenvalue weighted by Gasteiger charge is 2.32. The first-order chi connectivity index (χ1) is 10.1. The SMILES string of the molecule is CCC(C)C(NC(=O)OC(C)(C)C)C(=O)N1CCN(C)CC1. The van der Waals surface area contributed by atoms with Gasteiger partial charge in [-0.05, 0) is 33.7 Å². The third-order valence-electron chi connectivity index (χ3n) is 3.97. The molecule has 0 aliphatic carbocycles. The van der Waals surface area contributed by atoms with Crippen molar-refractivity contribution in [1.82, 2.24) is 15.1 Å². The van der Waals surface area contributed by atoms with Crippen molar-refractivity contribution in [2.24, 2.45) is 5.92 Å². The van der Waals surface area contributed by atoms with Gasteiger partial charge in [0.15, 0.2) is 0 Å². The maximum absolute atomic E-state index is 12.7. The Morgan fingerprint density at radius 1 is 1.18 bits per heavy atom. The van der Waals surface area contributed by atoms with Gasteiger partial charge in [0, 0.05) is 26.2 Å². The average Bonchev–Trinajstić information content (AvgIpc) is 2.42. The van der Waals surface area contributed by atoms with Gasteiger partial charge < -0.3 is 19.9 Å². The summed E-state index contributed by atoms with van der Waals surface area (Å²) in [6.45, 7) is 12.6. The van der Waals surface area contributed by atoms with Crippen molar-refractivity contribution in [3.63, 3.8) is 0 Å². The quantitative estimate of drug-likeness (QED) is 0.858. The first kappa shape index (κ1) is 18.7. The van der Waals surface area contributed by atoms with Gasteiger partial charge in [0.2, 0.25) is 5.91 Å². The summed E-state index contributed by atoms with van der Waals surface area (Å²) in [5, 5.41) is 2.77. The van der Waals surface area contributed by atoms with Gasteiger partial charge in [-0.15, -0.1) is 0 Å². The van der Waals surface area contributed by atoms with Crippen LogP contribution in [-0.4, -0.2) is 66.7 Å². The summed E-state index contributed by atoms with van der Waals surface area (Å²) in [6, 6.07) is -0.525. The molecule has 1 N–H and O–H groups in total. The van der Waals surface area contributed by atoms with Gasteiger partial charge in [-0.3, -0.25) is 4.79 Å². The van der Waals surface area contributed by atoms with E-state index in [9.17, 15) is 9.59 Å². The molecular formula is C16H31N3O3. The van der Waals surface area contributed by atoms with Crippen molar-refractivity contribution >= 4 is 12.0 Å². The number of nitrogens with one attached hydrogen (secondary N) is 1. The van der Waals surface area contributed by atoms with Crippen molar-refractivity contribution in [1.29, 1.82) is 0 Å². The Bertz CT molecular complexity index is 385. The number of nitrogens with zero attached hydrogens (tertiary/aromatic N) is 2. The Morgan fingerprint density at radius 3 is 2.18 bits per heavy atom. The van der Waals surface area contributed by atoms with E-state index in [1.54, 1.807) is 0 Å². The van der Waals surface area contributed by atoms with Crippen LogP contribution in [0, 0.1) is 5.92 Å². The third-order valence-corrected chi connectivity index (χ3v) is 3.97. The number of amides is 2. The molecule has 1 heterocycles. The van der Waals surface area contributed by atoms with E-state index in [0.717, 1.165) is 19.5 Å². The molecule has 0 radical (unpaired) electrons. The molecule has 2 amide bonds. The predicted octanol–water partition coefficient (Wildman–Crippen LogP) is 1.70. The Labute approximate surface area is 134 Å². The molecule has 1 rings (SSSR count). The molecule has 2 unspecified atom stereocenters. The lowest BCUT2D eigenvalue weighted by Crippen LogP contribution is -2.56. The molecule has 1 fully saturated rings. The minimum absolute atomic E-state index is 0.00620. The number of alkyl carbamates (subject to hydrolysis) is 1. The molecule has 6 nitrogen and oxygen atoms in total. The van der Waals surface area contributed by atoms with E-state index in [0.29, 0.717) is 13.1 Å². The van der Waals surface area contributed by atoms with Gasteiger partial charge in [-0.2, -0.15) is 0 Å². The smallest absolute Gasteiger partial charge is 0.408 e. The van der Waals surface area contributed by atoms with Crippen molar-refractivity contribution in [2.75, 3.05) is 33.2 Å². The largest absolute Gasteiger partial charge is 0.444 e. The summed E-state index contributed by atoms with van der Waals surface area (Å²) in [6.07, 6.45) is 0.292. The minimum atomic E-state index is -0.568.